The van der Waals surface area contributed by atoms with Crippen LogP contribution < -0.4 is 0 Å². The zero-order valence-electron chi connectivity index (χ0n) is 28.8. The predicted octanol–water partition coefficient (Wildman–Crippen LogP) is 8.50. The average Bonchev–Trinajstić information content (AvgIpc) is 3.64. The Balaban J connectivity index is 2.08. The van der Waals surface area contributed by atoms with Crippen molar-refractivity contribution in [1.29, 1.82) is 0 Å². The van der Waals surface area contributed by atoms with Crippen LogP contribution in [0.4, 0.5) is 0 Å². The van der Waals surface area contributed by atoms with E-state index in [9.17, 15) is 10.2 Å². The van der Waals surface area contributed by atoms with Crippen molar-refractivity contribution >= 4 is 22.1 Å². The number of rotatable bonds is 8. The third-order valence-corrected chi connectivity index (χ3v) is 11.8. The summed E-state index contributed by atoms with van der Waals surface area (Å²) in [6.07, 6.45) is 6.52. The molecule has 0 aliphatic carbocycles. The Bertz CT molecular complexity index is 1710. The first kappa shape index (κ1) is 32.4. The number of H-pyrrole nitrogens is 2. The van der Waals surface area contributed by atoms with Crippen LogP contribution in [-0.2, 0) is 47.7 Å². The second-order valence-corrected chi connectivity index (χ2v) is 13.3. The number of fused-ring (bicyclic) bond motifs is 8. The number of hydrogen-bond acceptors (Lipinski definition) is 4. The molecule has 2 unspecified atom stereocenters. The molecule has 6 nitrogen and oxygen atoms in total. The van der Waals surface area contributed by atoms with Gasteiger partial charge in [0.15, 0.2) is 0 Å². The lowest BCUT2D eigenvalue weighted by molar-refractivity contribution is -0.0306. The first-order valence-corrected chi connectivity index (χ1v) is 17.1. The van der Waals surface area contributed by atoms with E-state index in [1.165, 1.54) is 22.3 Å². The fourth-order valence-corrected chi connectivity index (χ4v) is 8.87. The Morgan fingerprint density at radius 1 is 0.477 bits per heavy atom. The van der Waals surface area contributed by atoms with Crippen LogP contribution in [0.25, 0.3) is 22.1 Å². The molecular formula is C38H54N4O2. The van der Waals surface area contributed by atoms with Gasteiger partial charge in [0, 0.05) is 32.9 Å². The summed E-state index contributed by atoms with van der Waals surface area (Å²) in [5.41, 5.74) is 8.91. The smallest absolute Gasteiger partial charge is 0.115 e. The van der Waals surface area contributed by atoms with Gasteiger partial charge in [0.25, 0.3) is 0 Å². The molecule has 0 radical (unpaired) electrons. The third-order valence-electron chi connectivity index (χ3n) is 11.8. The van der Waals surface area contributed by atoms with E-state index in [0.29, 0.717) is 24.2 Å². The van der Waals surface area contributed by atoms with Gasteiger partial charge < -0.3 is 20.2 Å². The van der Waals surface area contributed by atoms with Crippen LogP contribution in [-0.4, -0.2) is 30.1 Å². The maximum atomic E-state index is 12.4. The van der Waals surface area contributed by atoms with Gasteiger partial charge in [-0.1, -0.05) is 55.4 Å². The van der Waals surface area contributed by atoms with Crippen LogP contribution in [0.3, 0.4) is 0 Å². The van der Waals surface area contributed by atoms with E-state index in [2.05, 4.69) is 83.6 Å². The molecule has 2 aliphatic heterocycles. The lowest BCUT2D eigenvalue weighted by atomic mass is 9.65. The molecule has 2 aliphatic rings. The summed E-state index contributed by atoms with van der Waals surface area (Å²) in [7, 11) is 0. The SMILES string of the molecule is CCc1c(CC)c2cc3[nH]c(cc4nc(cc5nc(cc1[nH]2)C(C)(O)C5(CC)CC)C(C)(O)C4(CC)CC)c(CC)c3CC. The van der Waals surface area contributed by atoms with E-state index in [1.54, 1.807) is 0 Å². The summed E-state index contributed by atoms with van der Waals surface area (Å²) in [5.74, 6) is 0. The van der Waals surface area contributed by atoms with Crippen molar-refractivity contribution in [3.8, 4) is 0 Å². The van der Waals surface area contributed by atoms with Crippen LogP contribution in [0.15, 0.2) is 24.3 Å². The van der Waals surface area contributed by atoms with Crippen LogP contribution in [0, 0.1) is 0 Å². The molecule has 44 heavy (non-hydrogen) atoms. The number of hydrogen-bond donors (Lipinski definition) is 4. The zero-order chi connectivity index (χ0) is 32.2. The molecule has 0 fully saturated rings. The molecule has 5 heterocycles. The van der Waals surface area contributed by atoms with E-state index in [4.69, 9.17) is 9.97 Å². The van der Waals surface area contributed by atoms with E-state index in [-0.39, 0.29) is 0 Å². The van der Waals surface area contributed by atoms with Gasteiger partial charge in [0.05, 0.1) is 22.8 Å². The Kier molecular flexibility index (Phi) is 8.43. The second-order valence-electron chi connectivity index (χ2n) is 13.3. The number of aliphatic hydroxyl groups is 2. The first-order valence-electron chi connectivity index (χ1n) is 17.1. The van der Waals surface area contributed by atoms with Crippen molar-refractivity contribution in [2.24, 2.45) is 0 Å². The van der Waals surface area contributed by atoms with Gasteiger partial charge in [-0.15, -0.1) is 0 Å². The largest absolute Gasteiger partial charge is 0.383 e. The molecule has 2 atom stereocenters. The molecule has 0 saturated carbocycles. The highest BCUT2D eigenvalue weighted by Gasteiger charge is 2.56. The fourth-order valence-electron chi connectivity index (χ4n) is 8.87. The van der Waals surface area contributed by atoms with E-state index in [1.807, 2.05) is 19.9 Å². The van der Waals surface area contributed by atoms with Gasteiger partial charge in [-0.2, -0.15) is 0 Å². The summed E-state index contributed by atoms with van der Waals surface area (Å²) >= 11 is 0. The van der Waals surface area contributed by atoms with Crippen molar-refractivity contribution in [1.82, 2.24) is 19.9 Å². The monoisotopic (exact) mass is 598 g/mol. The molecule has 8 bridgehead atoms. The Labute approximate surface area is 263 Å². The highest BCUT2D eigenvalue weighted by molar-refractivity contribution is 5.79. The molecule has 3 aromatic rings. The molecular weight excluding hydrogens is 544 g/mol. The highest BCUT2D eigenvalue weighted by atomic mass is 16.3. The van der Waals surface area contributed by atoms with Crippen molar-refractivity contribution in [3.05, 3.63) is 69.3 Å². The quantitative estimate of drug-likeness (QED) is 0.209. The molecule has 0 amide bonds. The molecule has 0 spiro atoms. The molecule has 0 saturated heterocycles. The van der Waals surface area contributed by atoms with E-state index in [0.717, 1.165) is 72.0 Å². The molecule has 238 valence electrons. The topological polar surface area (TPSA) is 97.8 Å². The van der Waals surface area contributed by atoms with E-state index < -0.39 is 22.0 Å². The summed E-state index contributed by atoms with van der Waals surface area (Å²) in [4.78, 5) is 18.0. The van der Waals surface area contributed by atoms with Crippen LogP contribution in [0.1, 0.15) is 140 Å². The highest BCUT2D eigenvalue weighted by Crippen LogP contribution is 2.53. The standard InChI is InChI=1S/C38H54N4O2/c1-11-23-25(13-3)29-20-31-35(9,43)38(17-7,18-8)34(41-31)22-32-36(10,44)37(15-5,16-6)33(42-32)21-30-26(14-4)24(12-2)28(40-30)19-27(23)39-29/h19-22,39-40,43-44H,11-18H2,1-10H3. The lowest BCUT2D eigenvalue weighted by Gasteiger charge is -2.40. The lowest BCUT2D eigenvalue weighted by Crippen LogP contribution is -2.44. The van der Waals surface area contributed by atoms with Crippen molar-refractivity contribution in [3.63, 3.8) is 0 Å². The van der Waals surface area contributed by atoms with Gasteiger partial charge in [-0.25, -0.2) is 0 Å². The minimum absolute atomic E-state index is 0.556. The van der Waals surface area contributed by atoms with Crippen molar-refractivity contribution < 1.29 is 10.2 Å². The van der Waals surface area contributed by atoms with E-state index >= 15 is 0 Å². The van der Waals surface area contributed by atoms with Gasteiger partial charge >= 0.3 is 0 Å². The Morgan fingerprint density at radius 2 is 0.773 bits per heavy atom. The van der Waals surface area contributed by atoms with Crippen molar-refractivity contribution in [2.45, 2.75) is 143 Å². The molecule has 3 aromatic heterocycles. The fraction of sp³-hybridized carbons (Fsp3) is 0.579. The number of aromatic nitrogens is 4. The zero-order valence-corrected chi connectivity index (χ0v) is 28.8. The first-order chi connectivity index (χ1) is 20.9. The maximum absolute atomic E-state index is 12.4. The van der Waals surface area contributed by atoms with Gasteiger partial charge in [-0.05, 0) is 112 Å². The number of aromatic amines is 2. The molecule has 5 rings (SSSR count). The predicted molar refractivity (Wildman–Crippen MR) is 182 cm³/mol. The van der Waals surface area contributed by atoms with Gasteiger partial charge in [0.2, 0.25) is 0 Å². The molecule has 4 N–H and O–H groups in total. The second kappa shape index (κ2) is 11.4. The average molecular weight is 599 g/mol. The number of aryl methyl sites for hydroxylation is 4. The number of nitrogens with one attached hydrogen (secondary N) is 2. The number of nitrogens with zero attached hydrogens (tertiary/aromatic N) is 2. The van der Waals surface area contributed by atoms with Crippen LogP contribution in [0.2, 0.25) is 0 Å². The molecule has 6 heteroatoms. The van der Waals surface area contributed by atoms with Gasteiger partial charge in [-0.3, -0.25) is 9.97 Å². The maximum Gasteiger partial charge on any atom is 0.115 e. The summed E-state index contributed by atoms with van der Waals surface area (Å²) in [6.45, 7) is 21.3. The molecule has 0 aromatic carbocycles. The van der Waals surface area contributed by atoms with Gasteiger partial charge in [0.1, 0.15) is 11.2 Å². The minimum Gasteiger partial charge on any atom is -0.383 e. The third kappa shape index (κ3) is 4.27. The Hall–Kier alpha value is -2.96. The normalized spacial score (nSPS) is 22.5. The summed E-state index contributed by atoms with van der Waals surface area (Å²) in [5, 5.41) is 24.8. The van der Waals surface area contributed by atoms with Crippen LogP contribution >= 0.6 is 0 Å². The minimum atomic E-state index is -1.20. The Morgan fingerprint density at radius 3 is 1.11 bits per heavy atom. The van der Waals surface area contributed by atoms with Crippen LogP contribution in [0.5, 0.6) is 0 Å². The summed E-state index contributed by atoms with van der Waals surface area (Å²) < 4.78 is 0. The summed E-state index contributed by atoms with van der Waals surface area (Å²) in [6, 6.07) is 8.55. The van der Waals surface area contributed by atoms with Crippen molar-refractivity contribution in [2.75, 3.05) is 0 Å².